The molecule has 158 valence electrons. The highest BCUT2D eigenvalue weighted by atomic mass is 16.5. The lowest BCUT2D eigenvalue weighted by Gasteiger charge is -2.22. The molecule has 3 N–H and O–H groups in total. The molecule has 0 saturated heterocycles. The first kappa shape index (κ1) is 19.4. The third kappa shape index (κ3) is 3.46. The van der Waals surface area contributed by atoms with E-state index in [0.29, 0.717) is 22.5 Å². The fraction of sp³-hybridized carbons (Fsp3) is 0.292. The number of ether oxygens (including phenoxy) is 1. The summed E-state index contributed by atoms with van der Waals surface area (Å²) in [4.78, 5) is 22.9. The molecule has 0 bridgehead atoms. The highest BCUT2D eigenvalue weighted by Crippen LogP contribution is 2.32. The molecule has 0 atom stereocenters. The van der Waals surface area contributed by atoms with Crippen molar-refractivity contribution in [2.75, 3.05) is 12.8 Å². The molecule has 2 aromatic heterocycles. The Hall–Kier alpha value is -3.61. The SMILES string of the molecule is COc1ccc(-n2c(N)c(C(=O)NC3CCCCC3)c3nc4ccccc4nc32)cc1. The van der Waals surface area contributed by atoms with Crippen LogP contribution in [0.4, 0.5) is 5.82 Å². The number of nitrogens with zero attached hydrogens (tertiary/aromatic N) is 3. The van der Waals surface area contributed by atoms with Gasteiger partial charge >= 0.3 is 0 Å². The molecule has 0 spiro atoms. The molecule has 0 unspecified atom stereocenters. The van der Waals surface area contributed by atoms with Gasteiger partial charge in [0.15, 0.2) is 5.65 Å². The topological polar surface area (TPSA) is 95.1 Å². The zero-order valence-electron chi connectivity index (χ0n) is 17.5. The van der Waals surface area contributed by atoms with Gasteiger partial charge in [0.25, 0.3) is 5.91 Å². The number of benzene rings is 2. The summed E-state index contributed by atoms with van der Waals surface area (Å²) < 4.78 is 7.07. The van der Waals surface area contributed by atoms with Gasteiger partial charge in [-0.15, -0.1) is 0 Å². The molecular formula is C24H25N5O2. The van der Waals surface area contributed by atoms with Crippen molar-refractivity contribution < 1.29 is 9.53 Å². The van der Waals surface area contributed by atoms with E-state index in [-0.39, 0.29) is 11.9 Å². The van der Waals surface area contributed by atoms with Crippen LogP contribution in [0.3, 0.4) is 0 Å². The number of nitrogens with two attached hydrogens (primary N) is 1. The summed E-state index contributed by atoms with van der Waals surface area (Å²) in [5.41, 5.74) is 10.3. The molecule has 1 aliphatic carbocycles. The summed E-state index contributed by atoms with van der Waals surface area (Å²) in [5.74, 6) is 0.889. The van der Waals surface area contributed by atoms with E-state index < -0.39 is 0 Å². The Balaban J connectivity index is 1.69. The lowest BCUT2D eigenvalue weighted by Crippen LogP contribution is -2.36. The number of para-hydroxylation sites is 2. The van der Waals surface area contributed by atoms with Gasteiger partial charge in [0, 0.05) is 11.7 Å². The Morgan fingerprint density at radius 1 is 1.03 bits per heavy atom. The fourth-order valence-corrected chi connectivity index (χ4v) is 4.38. The predicted octanol–water partition coefficient (Wildman–Crippen LogP) is 4.23. The first-order valence-corrected chi connectivity index (χ1v) is 10.7. The molecule has 5 rings (SSSR count). The minimum atomic E-state index is -0.189. The number of methoxy groups -OCH3 is 1. The Morgan fingerprint density at radius 2 is 1.71 bits per heavy atom. The number of carbonyl (C=O) groups is 1. The van der Waals surface area contributed by atoms with Gasteiger partial charge in [-0.1, -0.05) is 31.4 Å². The van der Waals surface area contributed by atoms with Crippen LogP contribution < -0.4 is 15.8 Å². The van der Waals surface area contributed by atoms with Gasteiger partial charge in [-0.3, -0.25) is 9.36 Å². The number of anilines is 1. The molecule has 1 saturated carbocycles. The van der Waals surface area contributed by atoms with Crippen LogP contribution in [0.1, 0.15) is 42.5 Å². The largest absolute Gasteiger partial charge is 0.497 e. The Bertz CT molecular complexity index is 1260. The summed E-state index contributed by atoms with van der Waals surface area (Å²) >= 11 is 0. The molecule has 2 aromatic carbocycles. The monoisotopic (exact) mass is 415 g/mol. The maximum Gasteiger partial charge on any atom is 0.257 e. The fourth-order valence-electron chi connectivity index (χ4n) is 4.38. The zero-order valence-corrected chi connectivity index (χ0v) is 17.5. The van der Waals surface area contributed by atoms with E-state index in [1.54, 1.807) is 11.7 Å². The second kappa shape index (κ2) is 7.91. The predicted molar refractivity (Wildman–Crippen MR) is 122 cm³/mol. The first-order valence-electron chi connectivity index (χ1n) is 10.7. The van der Waals surface area contributed by atoms with Gasteiger partial charge in [0.1, 0.15) is 22.6 Å². The van der Waals surface area contributed by atoms with Gasteiger partial charge < -0.3 is 15.8 Å². The van der Waals surface area contributed by atoms with Crippen LogP contribution in [0, 0.1) is 0 Å². The molecule has 0 radical (unpaired) electrons. The number of hydrogen-bond acceptors (Lipinski definition) is 5. The Labute approximate surface area is 180 Å². The summed E-state index contributed by atoms with van der Waals surface area (Å²) in [7, 11) is 1.62. The molecule has 2 heterocycles. The van der Waals surface area contributed by atoms with E-state index in [1.165, 1.54) is 6.42 Å². The third-order valence-corrected chi connectivity index (χ3v) is 6.00. The van der Waals surface area contributed by atoms with Gasteiger partial charge in [0.2, 0.25) is 0 Å². The molecule has 0 aliphatic heterocycles. The van der Waals surface area contributed by atoms with Gasteiger partial charge in [-0.25, -0.2) is 9.97 Å². The van der Waals surface area contributed by atoms with Crippen LogP contribution in [0.25, 0.3) is 27.9 Å². The highest BCUT2D eigenvalue weighted by Gasteiger charge is 2.26. The minimum absolute atomic E-state index is 0.174. The standard InChI is InChI=1S/C24H25N5O2/c1-31-17-13-11-16(12-14-17)29-22(25)20(24(30)26-15-7-3-2-4-8-15)21-23(29)28-19-10-6-5-9-18(19)27-21/h5-6,9-15H,2-4,7-8,25H2,1H3,(H,26,30). The van der Waals surface area contributed by atoms with E-state index in [4.69, 9.17) is 20.4 Å². The third-order valence-electron chi connectivity index (χ3n) is 6.00. The van der Waals surface area contributed by atoms with Crippen LogP contribution in [0.5, 0.6) is 5.75 Å². The maximum absolute atomic E-state index is 13.3. The summed E-state index contributed by atoms with van der Waals surface area (Å²) in [6.45, 7) is 0. The van der Waals surface area contributed by atoms with E-state index >= 15 is 0 Å². The van der Waals surface area contributed by atoms with Crippen molar-refractivity contribution in [3.8, 4) is 11.4 Å². The Kier molecular flexibility index (Phi) is 4.94. The Morgan fingerprint density at radius 3 is 2.39 bits per heavy atom. The van der Waals surface area contributed by atoms with E-state index in [9.17, 15) is 4.79 Å². The number of fused-ring (bicyclic) bond motifs is 2. The van der Waals surface area contributed by atoms with Crippen LogP contribution >= 0.6 is 0 Å². The smallest absolute Gasteiger partial charge is 0.257 e. The van der Waals surface area contributed by atoms with Crippen molar-refractivity contribution in [3.05, 3.63) is 54.1 Å². The molecule has 7 nitrogen and oxygen atoms in total. The van der Waals surface area contributed by atoms with E-state index in [0.717, 1.165) is 48.2 Å². The summed E-state index contributed by atoms with van der Waals surface area (Å²) in [6.07, 6.45) is 5.49. The average molecular weight is 415 g/mol. The lowest BCUT2D eigenvalue weighted by molar-refractivity contribution is 0.0930. The van der Waals surface area contributed by atoms with Crippen molar-refractivity contribution in [1.29, 1.82) is 0 Å². The van der Waals surface area contributed by atoms with Crippen LogP contribution in [-0.2, 0) is 0 Å². The van der Waals surface area contributed by atoms with Crippen LogP contribution in [0.15, 0.2) is 48.5 Å². The second-order valence-electron chi connectivity index (χ2n) is 7.99. The molecular weight excluding hydrogens is 390 g/mol. The summed E-state index contributed by atoms with van der Waals surface area (Å²) in [6, 6.07) is 15.3. The average Bonchev–Trinajstić information content (AvgIpc) is 3.09. The van der Waals surface area contributed by atoms with Crippen molar-refractivity contribution in [2.24, 2.45) is 0 Å². The quantitative estimate of drug-likeness (QED) is 0.520. The van der Waals surface area contributed by atoms with Gasteiger partial charge in [0.05, 0.1) is 18.1 Å². The van der Waals surface area contributed by atoms with Crippen molar-refractivity contribution >= 4 is 33.9 Å². The number of aromatic nitrogens is 3. The number of hydrogen-bond donors (Lipinski definition) is 2. The second-order valence-corrected chi connectivity index (χ2v) is 7.99. The molecule has 1 aliphatic rings. The number of amides is 1. The molecule has 1 amide bonds. The number of rotatable bonds is 4. The number of nitrogen functional groups attached to an aromatic ring is 1. The van der Waals surface area contributed by atoms with Crippen molar-refractivity contribution in [3.63, 3.8) is 0 Å². The zero-order chi connectivity index (χ0) is 21.4. The normalized spacial score (nSPS) is 14.7. The highest BCUT2D eigenvalue weighted by molar-refractivity contribution is 6.11. The van der Waals surface area contributed by atoms with Crippen molar-refractivity contribution in [2.45, 2.75) is 38.1 Å². The van der Waals surface area contributed by atoms with Crippen LogP contribution in [0.2, 0.25) is 0 Å². The van der Waals surface area contributed by atoms with E-state index in [1.807, 2.05) is 48.5 Å². The molecule has 4 aromatic rings. The van der Waals surface area contributed by atoms with Crippen LogP contribution in [-0.4, -0.2) is 33.6 Å². The maximum atomic E-state index is 13.3. The minimum Gasteiger partial charge on any atom is -0.497 e. The molecule has 7 heteroatoms. The first-order chi connectivity index (χ1) is 15.2. The number of nitrogens with one attached hydrogen (secondary N) is 1. The lowest BCUT2D eigenvalue weighted by atomic mass is 9.95. The molecule has 31 heavy (non-hydrogen) atoms. The van der Waals surface area contributed by atoms with Crippen molar-refractivity contribution in [1.82, 2.24) is 19.9 Å². The van der Waals surface area contributed by atoms with E-state index in [2.05, 4.69) is 5.32 Å². The molecule has 1 fully saturated rings. The summed E-state index contributed by atoms with van der Waals surface area (Å²) in [5, 5.41) is 3.18. The van der Waals surface area contributed by atoms with Gasteiger partial charge in [-0.2, -0.15) is 0 Å². The number of carbonyl (C=O) groups excluding carboxylic acids is 1. The van der Waals surface area contributed by atoms with Gasteiger partial charge in [-0.05, 0) is 49.2 Å².